The fourth-order valence-corrected chi connectivity index (χ4v) is 4.36. The van der Waals surface area contributed by atoms with Crippen LogP contribution in [0.15, 0.2) is 65.6 Å². The number of sulfonamides is 1. The van der Waals surface area contributed by atoms with Gasteiger partial charge in [-0.2, -0.15) is 4.31 Å². The predicted molar refractivity (Wildman–Crippen MR) is 115 cm³/mol. The summed E-state index contributed by atoms with van der Waals surface area (Å²) in [5.74, 6) is -0.744. The van der Waals surface area contributed by atoms with Crippen LogP contribution in [0.3, 0.4) is 0 Å². The van der Waals surface area contributed by atoms with Crippen LogP contribution in [0.1, 0.15) is 5.56 Å². The SMILES string of the molecule is CN(CC(=O)N1CCN(C/C=C/c2ccccc2)CC1)S(=O)(=O)c1ccc(F)cc1. The average molecular weight is 432 g/mol. The smallest absolute Gasteiger partial charge is 0.243 e. The van der Waals surface area contributed by atoms with E-state index in [0.717, 1.165) is 41.6 Å². The van der Waals surface area contributed by atoms with Gasteiger partial charge in [-0.1, -0.05) is 42.5 Å². The number of nitrogens with zero attached hydrogens (tertiary/aromatic N) is 3. The molecule has 0 spiro atoms. The summed E-state index contributed by atoms with van der Waals surface area (Å²) in [5, 5.41) is 0. The molecule has 1 heterocycles. The van der Waals surface area contributed by atoms with E-state index < -0.39 is 15.8 Å². The summed E-state index contributed by atoms with van der Waals surface area (Å²) in [6.07, 6.45) is 4.18. The van der Waals surface area contributed by atoms with Crippen molar-refractivity contribution in [3.8, 4) is 0 Å². The Morgan fingerprint density at radius 1 is 1.03 bits per heavy atom. The highest BCUT2D eigenvalue weighted by molar-refractivity contribution is 7.89. The van der Waals surface area contributed by atoms with Gasteiger partial charge < -0.3 is 4.90 Å². The van der Waals surface area contributed by atoms with Crippen molar-refractivity contribution in [1.29, 1.82) is 0 Å². The van der Waals surface area contributed by atoms with Gasteiger partial charge in [0.2, 0.25) is 15.9 Å². The molecular weight excluding hydrogens is 405 g/mol. The number of carbonyl (C=O) groups excluding carboxylic acids is 1. The van der Waals surface area contributed by atoms with E-state index >= 15 is 0 Å². The van der Waals surface area contributed by atoms with Crippen LogP contribution in [0.4, 0.5) is 4.39 Å². The summed E-state index contributed by atoms with van der Waals surface area (Å²) in [4.78, 5) is 16.5. The van der Waals surface area contributed by atoms with Crippen molar-refractivity contribution >= 4 is 22.0 Å². The zero-order valence-electron chi connectivity index (χ0n) is 16.9. The standard InChI is InChI=1S/C22H26FN3O3S/c1-24(30(28,29)21-11-9-20(23)10-12-21)18-22(27)26-16-14-25(15-17-26)13-5-8-19-6-3-2-4-7-19/h2-12H,13-18H2,1H3/b8-5+. The van der Waals surface area contributed by atoms with Crippen LogP contribution in [-0.2, 0) is 14.8 Å². The first kappa shape index (κ1) is 22.1. The molecule has 0 unspecified atom stereocenters. The molecule has 0 radical (unpaired) electrons. The van der Waals surface area contributed by atoms with Gasteiger partial charge in [-0.3, -0.25) is 9.69 Å². The molecule has 2 aromatic rings. The Bertz CT molecular complexity index is 970. The lowest BCUT2D eigenvalue weighted by atomic mass is 10.2. The van der Waals surface area contributed by atoms with Gasteiger partial charge in [-0.15, -0.1) is 0 Å². The Kier molecular flexibility index (Phi) is 7.36. The molecule has 0 N–H and O–H groups in total. The van der Waals surface area contributed by atoms with Gasteiger partial charge in [-0.25, -0.2) is 12.8 Å². The monoisotopic (exact) mass is 431 g/mol. The first-order chi connectivity index (χ1) is 14.4. The van der Waals surface area contributed by atoms with Gasteiger partial charge in [0.15, 0.2) is 0 Å². The largest absolute Gasteiger partial charge is 0.339 e. The van der Waals surface area contributed by atoms with E-state index in [1.165, 1.54) is 19.2 Å². The van der Waals surface area contributed by atoms with E-state index in [2.05, 4.69) is 17.1 Å². The lowest BCUT2D eigenvalue weighted by molar-refractivity contribution is -0.132. The van der Waals surface area contributed by atoms with Gasteiger partial charge in [0.05, 0.1) is 11.4 Å². The van der Waals surface area contributed by atoms with Gasteiger partial charge in [-0.05, 0) is 29.8 Å². The Morgan fingerprint density at radius 3 is 2.30 bits per heavy atom. The molecule has 30 heavy (non-hydrogen) atoms. The van der Waals surface area contributed by atoms with Crippen molar-refractivity contribution in [3.63, 3.8) is 0 Å². The van der Waals surface area contributed by atoms with Gasteiger partial charge >= 0.3 is 0 Å². The van der Waals surface area contributed by atoms with Crippen molar-refractivity contribution in [1.82, 2.24) is 14.1 Å². The number of benzene rings is 2. The molecule has 2 aromatic carbocycles. The van der Waals surface area contributed by atoms with Crippen LogP contribution in [0.2, 0.25) is 0 Å². The van der Waals surface area contributed by atoms with Crippen LogP contribution in [0, 0.1) is 5.82 Å². The van der Waals surface area contributed by atoms with Crippen molar-refractivity contribution in [2.24, 2.45) is 0 Å². The van der Waals surface area contributed by atoms with Crippen LogP contribution >= 0.6 is 0 Å². The van der Waals surface area contributed by atoms with Crippen LogP contribution in [0.5, 0.6) is 0 Å². The maximum atomic E-state index is 13.0. The summed E-state index contributed by atoms with van der Waals surface area (Å²) in [6.45, 7) is 3.15. The number of likely N-dealkylation sites (N-methyl/N-ethyl adjacent to an activating group) is 1. The summed E-state index contributed by atoms with van der Waals surface area (Å²) in [5.41, 5.74) is 1.15. The first-order valence-corrected chi connectivity index (χ1v) is 11.2. The highest BCUT2D eigenvalue weighted by Crippen LogP contribution is 2.15. The fraction of sp³-hybridized carbons (Fsp3) is 0.318. The minimum Gasteiger partial charge on any atom is -0.339 e. The second kappa shape index (κ2) is 9.97. The van der Waals surface area contributed by atoms with E-state index in [0.29, 0.717) is 13.1 Å². The number of rotatable bonds is 7. The molecular formula is C22H26FN3O3S. The third-order valence-electron chi connectivity index (χ3n) is 5.08. The highest BCUT2D eigenvalue weighted by Gasteiger charge is 2.27. The molecule has 1 aliphatic heterocycles. The fourth-order valence-electron chi connectivity index (χ4n) is 3.24. The number of carbonyl (C=O) groups is 1. The highest BCUT2D eigenvalue weighted by atomic mass is 32.2. The summed E-state index contributed by atoms with van der Waals surface area (Å²) in [6, 6.07) is 14.7. The molecule has 0 atom stereocenters. The van der Waals surface area contributed by atoms with Crippen molar-refractivity contribution in [3.05, 3.63) is 72.1 Å². The van der Waals surface area contributed by atoms with Crippen LogP contribution < -0.4 is 0 Å². The normalized spacial score (nSPS) is 15.8. The molecule has 160 valence electrons. The lowest BCUT2D eigenvalue weighted by Gasteiger charge is -2.34. The Hall–Kier alpha value is -2.55. The molecule has 6 nitrogen and oxygen atoms in total. The second-order valence-corrected chi connectivity index (χ2v) is 9.25. The second-order valence-electron chi connectivity index (χ2n) is 7.21. The predicted octanol–water partition coefficient (Wildman–Crippen LogP) is 2.30. The minimum absolute atomic E-state index is 0.0331. The summed E-state index contributed by atoms with van der Waals surface area (Å²) < 4.78 is 39.2. The summed E-state index contributed by atoms with van der Waals surface area (Å²) >= 11 is 0. The number of hydrogen-bond donors (Lipinski definition) is 0. The zero-order valence-corrected chi connectivity index (χ0v) is 17.8. The van der Waals surface area contributed by atoms with E-state index in [9.17, 15) is 17.6 Å². The molecule has 1 amide bonds. The van der Waals surface area contributed by atoms with Crippen molar-refractivity contribution in [2.45, 2.75) is 4.90 Å². The van der Waals surface area contributed by atoms with E-state index in [1.54, 1.807) is 4.90 Å². The first-order valence-electron chi connectivity index (χ1n) is 9.80. The topological polar surface area (TPSA) is 60.9 Å². The Balaban J connectivity index is 1.48. The van der Waals surface area contributed by atoms with Crippen molar-refractivity contribution in [2.75, 3.05) is 46.3 Å². The molecule has 1 aliphatic rings. The molecule has 0 aliphatic carbocycles. The lowest BCUT2D eigenvalue weighted by Crippen LogP contribution is -2.51. The minimum atomic E-state index is -3.84. The number of amides is 1. The molecule has 1 saturated heterocycles. The number of hydrogen-bond acceptors (Lipinski definition) is 4. The van der Waals surface area contributed by atoms with Crippen molar-refractivity contribution < 1.29 is 17.6 Å². The number of halogens is 1. The Morgan fingerprint density at radius 2 is 1.67 bits per heavy atom. The summed E-state index contributed by atoms with van der Waals surface area (Å²) in [7, 11) is -2.48. The zero-order chi connectivity index (χ0) is 21.6. The van der Waals surface area contributed by atoms with Gasteiger partial charge in [0.1, 0.15) is 5.82 Å². The molecule has 0 saturated carbocycles. The maximum absolute atomic E-state index is 13.0. The average Bonchev–Trinajstić information content (AvgIpc) is 2.75. The number of piperazine rings is 1. The van der Waals surface area contributed by atoms with E-state index in [-0.39, 0.29) is 17.3 Å². The van der Waals surface area contributed by atoms with E-state index in [1.807, 2.05) is 30.3 Å². The Labute approximate surface area is 177 Å². The molecule has 0 aromatic heterocycles. The van der Waals surface area contributed by atoms with Crippen LogP contribution in [-0.4, -0.2) is 74.7 Å². The molecule has 1 fully saturated rings. The molecule has 8 heteroatoms. The maximum Gasteiger partial charge on any atom is 0.243 e. The molecule has 0 bridgehead atoms. The van der Waals surface area contributed by atoms with Gasteiger partial charge in [0.25, 0.3) is 0 Å². The molecule has 3 rings (SSSR count). The third-order valence-corrected chi connectivity index (χ3v) is 6.90. The van der Waals surface area contributed by atoms with Gasteiger partial charge in [0, 0.05) is 39.8 Å². The van der Waals surface area contributed by atoms with E-state index in [4.69, 9.17) is 0 Å². The quantitative estimate of drug-likeness (QED) is 0.675. The van der Waals surface area contributed by atoms with Crippen LogP contribution in [0.25, 0.3) is 6.08 Å². The third kappa shape index (κ3) is 5.75.